The first-order chi connectivity index (χ1) is 10.1. The number of anilines is 1. The molecule has 0 amide bonds. The topological polar surface area (TPSA) is 54.8 Å². The maximum atomic E-state index is 8.01. The van der Waals surface area contributed by atoms with E-state index in [1.54, 1.807) is 50.4 Å². The van der Waals surface area contributed by atoms with Gasteiger partial charge in [0.05, 0.1) is 14.2 Å². The minimum Gasteiger partial charge on any atom is -0.497 e. The molecule has 2 aromatic rings. The number of hydrogen-bond acceptors (Lipinski definition) is 4. The normalized spacial score (nSPS) is 9.86. The van der Waals surface area contributed by atoms with Gasteiger partial charge in [0.15, 0.2) is 0 Å². The van der Waals surface area contributed by atoms with Gasteiger partial charge in [0.1, 0.15) is 17.2 Å². The highest BCUT2D eigenvalue weighted by Gasteiger charge is 2.09. The van der Waals surface area contributed by atoms with Crippen molar-refractivity contribution in [2.24, 2.45) is 0 Å². The third-order valence-electron chi connectivity index (χ3n) is 3.04. The number of nitrogens with zero attached hydrogens (tertiary/aromatic N) is 1. The lowest BCUT2D eigenvalue weighted by Gasteiger charge is -2.20. The maximum Gasteiger partial charge on any atom is 0.294 e. The molecule has 0 spiro atoms. The van der Waals surface area contributed by atoms with E-state index in [0.717, 1.165) is 17.2 Å². The summed E-state index contributed by atoms with van der Waals surface area (Å²) in [6, 6.07) is 14.5. The molecule has 0 fully saturated rings. The van der Waals surface area contributed by atoms with Crippen LogP contribution in [-0.2, 0) is 0 Å². The molecule has 0 saturated carbocycles. The number of methoxy groups -OCH3 is 2. The van der Waals surface area contributed by atoms with Crippen molar-refractivity contribution in [2.45, 2.75) is 0 Å². The van der Waals surface area contributed by atoms with Crippen LogP contribution in [0.15, 0.2) is 48.5 Å². The number of benzene rings is 2. The van der Waals surface area contributed by atoms with Crippen LogP contribution in [-0.4, -0.2) is 27.3 Å². The highest BCUT2D eigenvalue weighted by molar-refractivity contribution is 5.90. The molecule has 0 unspecified atom stereocenters. The van der Waals surface area contributed by atoms with Crippen molar-refractivity contribution in [3.63, 3.8) is 0 Å². The van der Waals surface area contributed by atoms with Crippen LogP contribution in [0.1, 0.15) is 0 Å². The van der Waals surface area contributed by atoms with E-state index in [1.807, 2.05) is 24.3 Å². The largest absolute Gasteiger partial charge is 0.497 e. The van der Waals surface area contributed by atoms with Crippen molar-refractivity contribution in [3.05, 3.63) is 48.5 Å². The molecule has 5 heteroatoms. The molecule has 0 aromatic heterocycles. The highest BCUT2D eigenvalue weighted by Crippen LogP contribution is 2.21. The van der Waals surface area contributed by atoms with Crippen molar-refractivity contribution in [2.75, 3.05) is 26.2 Å². The molecule has 0 bridgehead atoms. The summed E-state index contributed by atoms with van der Waals surface area (Å²) in [5, 5.41) is 8.01. The van der Waals surface area contributed by atoms with Crippen LogP contribution in [0.2, 0.25) is 0 Å². The second kappa shape index (κ2) is 6.65. The molecule has 0 aliphatic heterocycles. The lowest BCUT2D eigenvalue weighted by molar-refractivity contribution is 0.413. The number of rotatable bonds is 4. The summed E-state index contributed by atoms with van der Waals surface area (Å²) in [5.74, 6) is 2.10. The van der Waals surface area contributed by atoms with Crippen LogP contribution in [0.5, 0.6) is 17.2 Å². The first-order valence-corrected chi connectivity index (χ1v) is 6.42. The van der Waals surface area contributed by atoms with Crippen molar-refractivity contribution in [1.82, 2.24) is 0 Å². The third kappa shape index (κ3) is 3.66. The predicted octanol–water partition coefficient (Wildman–Crippen LogP) is 3.15. The molecular formula is C16H18N2O3. The zero-order valence-electron chi connectivity index (χ0n) is 12.3. The first-order valence-electron chi connectivity index (χ1n) is 6.42. The molecule has 0 heterocycles. The minimum absolute atomic E-state index is 0.0327. The van der Waals surface area contributed by atoms with Gasteiger partial charge in [0.2, 0.25) is 0 Å². The molecule has 0 atom stereocenters. The standard InChI is InChI=1S/C16H18N2O3/c1-18(12-4-6-13(19-2)7-5-12)16(17)21-15-10-8-14(20-3)9-11-15/h4-11,17H,1-3H3. The molecule has 2 aromatic carbocycles. The zero-order chi connectivity index (χ0) is 15.2. The van der Waals surface area contributed by atoms with Crippen LogP contribution in [0, 0.1) is 5.41 Å². The summed E-state index contributed by atoms with van der Waals surface area (Å²) >= 11 is 0. The third-order valence-corrected chi connectivity index (χ3v) is 3.04. The van der Waals surface area contributed by atoms with Crippen molar-refractivity contribution in [1.29, 1.82) is 5.41 Å². The Labute approximate surface area is 124 Å². The Kier molecular flexibility index (Phi) is 4.66. The molecule has 21 heavy (non-hydrogen) atoms. The Hall–Kier alpha value is -2.69. The van der Waals surface area contributed by atoms with Gasteiger partial charge in [-0.05, 0) is 48.5 Å². The van der Waals surface area contributed by atoms with E-state index in [4.69, 9.17) is 19.6 Å². The van der Waals surface area contributed by atoms with Crippen LogP contribution in [0.4, 0.5) is 5.69 Å². The smallest absolute Gasteiger partial charge is 0.294 e. The zero-order valence-corrected chi connectivity index (χ0v) is 12.3. The van der Waals surface area contributed by atoms with Crippen LogP contribution in [0.3, 0.4) is 0 Å². The average Bonchev–Trinajstić information content (AvgIpc) is 2.55. The number of amidine groups is 1. The van der Waals surface area contributed by atoms with Gasteiger partial charge in [-0.2, -0.15) is 0 Å². The average molecular weight is 286 g/mol. The summed E-state index contributed by atoms with van der Waals surface area (Å²) in [7, 11) is 5.00. The summed E-state index contributed by atoms with van der Waals surface area (Å²) in [6.45, 7) is 0. The van der Waals surface area contributed by atoms with E-state index >= 15 is 0 Å². The number of ether oxygens (including phenoxy) is 3. The quantitative estimate of drug-likeness (QED) is 0.693. The summed E-state index contributed by atoms with van der Waals surface area (Å²) in [5.41, 5.74) is 0.842. The van der Waals surface area contributed by atoms with Crippen LogP contribution < -0.4 is 19.1 Å². The summed E-state index contributed by atoms with van der Waals surface area (Å²) < 4.78 is 15.7. The van der Waals surface area contributed by atoms with Gasteiger partial charge in [-0.25, -0.2) is 0 Å². The minimum atomic E-state index is 0.0327. The molecule has 5 nitrogen and oxygen atoms in total. The Morgan fingerprint density at radius 2 is 1.24 bits per heavy atom. The maximum absolute atomic E-state index is 8.01. The van der Waals surface area contributed by atoms with Gasteiger partial charge in [0, 0.05) is 12.7 Å². The van der Waals surface area contributed by atoms with Crippen molar-refractivity contribution >= 4 is 11.7 Å². The van der Waals surface area contributed by atoms with Gasteiger partial charge in [-0.15, -0.1) is 0 Å². The molecule has 0 aliphatic carbocycles. The Morgan fingerprint density at radius 3 is 1.71 bits per heavy atom. The Morgan fingerprint density at radius 1 is 0.810 bits per heavy atom. The fourth-order valence-corrected chi connectivity index (χ4v) is 1.75. The van der Waals surface area contributed by atoms with E-state index in [1.165, 1.54) is 0 Å². The van der Waals surface area contributed by atoms with Gasteiger partial charge in [0.25, 0.3) is 6.02 Å². The lowest BCUT2D eigenvalue weighted by atomic mass is 10.3. The predicted molar refractivity (Wildman–Crippen MR) is 82.7 cm³/mol. The van der Waals surface area contributed by atoms with Crippen molar-refractivity contribution < 1.29 is 14.2 Å². The lowest BCUT2D eigenvalue weighted by Crippen LogP contribution is -2.30. The molecule has 0 aliphatic rings. The van der Waals surface area contributed by atoms with Gasteiger partial charge in [-0.1, -0.05) is 0 Å². The summed E-state index contributed by atoms with van der Waals surface area (Å²) in [4.78, 5) is 1.64. The van der Waals surface area contributed by atoms with E-state index in [-0.39, 0.29) is 6.02 Å². The Bertz CT molecular complexity index is 594. The molecule has 2 rings (SSSR count). The molecule has 1 N–H and O–H groups in total. The first kappa shape index (κ1) is 14.7. The number of hydrogen-bond donors (Lipinski definition) is 1. The highest BCUT2D eigenvalue weighted by atomic mass is 16.5. The SMILES string of the molecule is COc1ccc(OC(=N)N(C)c2ccc(OC)cc2)cc1. The Balaban J connectivity index is 2.03. The van der Waals surface area contributed by atoms with Gasteiger partial charge in [-0.3, -0.25) is 10.3 Å². The van der Waals surface area contributed by atoms with E-state index in [0.29, 0.717) is 5.75 Å². The van der Waals surface area contributed by atoms with Gasteiger partial charge >= 0.3 is 0 Å². The fraction of sp³-hybridized carbons (Fsp3) is 0.188. The van der Waals surface area contributed by atoms with E-state index in [2.05, 4.69) is 0 Å². The molecule has 0 saturated heterocycles. The van der Waals surface area contributed by atoms with Crippen molar-refractivity contribution in [3.8, 4) is 17.2 Å². The monoisotopic (exact) mass is 286 g/mol. The van der Waals surface area contributed by atoms with E-state index < -0.39 is 0 Å². The fourth-order valence-electron chi connectivity index (χ4n) is 1.75. The second-order valence-electron chi connectivity index (χ2n) is 4.34. The number of nitrogens with one attached hydrogen (secondary N) is 1. The van der Waals surface area contributed by atoms with Gasteiger partial charge < -0.3 is 14.2 Å². The van der Waals surface area contributed by atoms with Crippen LogP contribution in [0.25, 0.3) is 0 Å². The summed E-state index contributed by atoms with van der Waals surface area (Å²) in [6.07, 6.45) is 0. The second-order valence-corrected chi connectivity index (χ2v) is 4.34. The molecule has 110 valence electrons. The molecular weight excluding hydrogens is 268 g/mol. The van der Waals surface area contributed by atoms with Crippen LogP contribution >= 0.6 is 0 Å². The molecule has 0 radical (unpaired) electrons. The van der Waals surface area contributed by atoms with E-state index in [9.17, 15) is 0 Å².